The van der Waals surface area contributed by atoms with Crippen molar-refractivity contribution in [2.75, 3.05) is 39.4 Å². The fraction of sp³-hybridized carbons (Fsp3) is 0.680. The van der Waals surface area contributed by atoms with E-state index >= 15 is 0 Å². The summed E-state index contributed by atoms with van der Waals surface area (Å²) in [6, 6.07) is 8.16. The van der Waals surface area contributed by atoms with Crippen molar-refractivity contribution in [3.05, 3.63) is 34.3 Å². The molecule has 0 unspecified atom stereocenters. The number of aliphatic hydroxyl groups is 1. The molecule has 1 aromatic carbocycles. The molecule has 0 bridgehead atoms. The molecule has 2 saturated heterocycles. The first kappa shape index (κ1) is 26.0. The summed E-state index contributed by atoms with van der Waals surface area (Å²) in [6.45, 7) is 11.6. The standard InChI is InChI=1S/C25H38BrN3O4/c1-24(2,3)33-23(31)28-15-11-25(4,12-16-28)29-13-9-20(10-14-29)22(27-32-18-17-30)19-5-7-21(26)8-6-19/h5-8,20,30H,9-18H2,1-4H3/b27-22-. The van der Waals surface area contributed by atoms with Crippen molar-refractivity contribution in [2.24, 2.45) is 11.1 Å². The summed E-state index contributed by atoms with van der Waals surface area (Å²) >= 11 is 3.50. The highest BCUT2D eigenvalue weighted by atomic mass is 79.9. The van der Waals surface area contributed by atoms with Gasteiger partial charge in [0.25, 0.3) is 0 Å². The van der Waals surface area contributed by atoms with Crippen LogP contribution >= 0.6 is 15.9 Å². The van der Waals surface area contributed by atoms with Gasteiger partial charge in [-0.05, 0) is 84.2 Å². The summed E-state index contributed by atoms with van der Waals surface area (Å²) in [5.41, 5.74) is 1.65. The van der Waals surface area contributed by atoms with E-state index < -0.39 is 5.60 Å². The Hall–Kier alpha value is -1.64. The van der Waals surface area contributed by atoms with Crippen LogP contribution in [0.4, 0.5) is 4.79 Å². The molecule has 2 fully saturated rings. The van der Waals surface area contributed by atoms with Crippen LogP contribution in [0.2, 0.25) is 0 Å². The highest BCUT2D eigenvalue weighted by Crippen LogP contribution is 2.34. The lowest BCUT2D eigenvalue weighted by Crippen LogP contribution is -2.57. The number of amides is 1. The van der Waals surface area contributed by atoms with E-state index in [0.717, 1.165) is 67.6 Å². The Morgan fingerprint density at radius 1 is 1.15 bits per heavy atom. The number of halogens is 1. The van der Waals surface area contributed by atoms with E-state index in [0.29, 0.717) is 5.92 Å². The number of hydrogen-bond acceptors (Lipinski definition) is 6. The molecule has 0 saturated carbocycles. The van der Waals surface area contributed by atoms with Crippen LogP contribution in [0.3, 0.4) is 0 Å². The molecule has 33 heavy (non-hydrogen) atoms. The van der Waals surface area contributed by atoms with Crippen LogP contribution in [-0.2, 0) is 9.57 Å². The molecule has 3 rings (SSSR count). The third-order valence-electron chi connectivity index (χ3n) is 6.62. The van der Waals surface area contributed by atoms with Crippen molar-refractivity contribution >= 4 is 27.7 Å². The molecule has 2 heterocycles. The van der Waals surface area contributed by atoms with Crippen LogP contribution in [0, 0.1) is 5.92 Å². The second kappa shape index (κ2) is 11.2. The van der Waals surface area contributed by atoms with Crippen molar-refractivity contribution in [3.8, 4) is 0 Å². The van der Waals surface area contributed by atoms with Crippen molar-refractivity contribution < 1.29 is 19.5 Å². The monoisotopic (exact) mass is 523 g/mol. The molecule has 1 aromatic rings. The molecule has 0 spiro atoms. The number of ether oxygens (including phenoxy) is 1. The van der Waals surface area contributed by atoms with E-state index in [-0.39, 0.29) is 24.8 Å². The zero-order valence-electron chi connectivity index (χ0n) is 20.3. The Morgan fingerprint density at radius 3 is 2.30 bits per heavy atom. The molecule has 2 aliphatic rings. The predicted molar refractivity (Wildman–Crippen MR) is 133 cm³/mol. The second-order valence-electron chi connectivity index (χ2n) is 10.3. The smallest absolute Gasteiger partial charge is 0.410 e. The van der Waals surface area contributed by atoms with Crippen molar-refractivity contribution in [1.29, 1.82) is 0 Å². The maximum Gasteiger partial charge on any atom is 0.410 e. The van der Waals surface area contributed by atoms with Crippen molar-refractivity contribution in [1.82, 2.24) is 9.80 Å². The number of carbonyl (C=O) groups is 1. The van der Waals surface area contributed by atoms with Gasteiger partial charge in [0.1, 0.15) is 12.2 Å². The maximum atomic E-state index is 12.4. The molecular formula is C25H38BrN3O4. The molecule has 7 nitrogen and oxygen atoms in total. The topological polar surface area (TPSA) is 74.6 Å². The highest BCUT2D eigenvalue weighted by molar-refractivity contribution is 9.10. The quantitative estimate of drug-likeness (QED) is 0.333. The average molecular weight is 525 g/mol. The normalized spacial score (nSPS) is 20.5. The molecule has 1 N–H and O–H groups in total. The van der Waals surface area contributed by atoms with Gasteiger partial charge in [-0.15, -0.1) is 0 Å². The van der Waals surface area contributed by atoms with E-state index in [1.165, 1.54) is 0 Å². The van der Waals surface area contributed by atoms with Crippen LogP contribution in [0.15, 0.2) is 33.9 Å². The maximum absolute atomic E-state index is 12.4. The van der Waals surface area contributed by atoms with Gasteiger partial charge >= 0.3 is 6.09 Å². The highest BCUT2D eigenvalue weighted by Gasteiger charge is 2.40. The first-order valence-electron chi connectivity index (χ1n) is 11.9. The zero-order valence-corrected chi connectivity index (χ0v) is 21.9. The van der Waals surface area contributed by atoms with Gasteiger partial charge in [-0.25, -0.2) is 4.79 Å². The number of oxime groups is 1. The molecular weight excluding hydrogens is 486 g/mol. The molecule has 184 valence electrons. The Morgan fingerprint density at radius 2 is 1.76 bits per heavy atom. The van der Waals surface area contributed by atoms with Gasteiger partial charge < -0.3 is 19.6 Å². The van der Waals surface area contributed by atoms with Gasteiger partial charge in [-0.2, -0.15) is 0 Å². The van der Waals surface area contributed by atoms with Gasteiger partial charge in [0.05, 0.1) is 12.3 Å². The van der Waals surface area contributed by atoms with Gasteiger partial charge in [0.15, 0.2) is 0 Å². The number of piperidine rings is 2. The Kier molecular flexibility index (Phi) is 8.81. The molecule has 0 aromatic heterocycles. The number of benzene rings is 1. The lowest BCUT2D eigenvalue weighted by molar-refractivity contribution is -0.00832. The van der Waals surface area contributed by atoms with Crippen molar-refractivity contribution in [3.63, 3.8) is 0 Å². The minimum atomic E-state index is -0.464. The fourth-order valence-electron chi connectivity index (χ4n) is 4.65. The van der Waals surface area contributed by atoms with E-state index in [4.69, 9.17) is 14.7 Å². The average Bonchev–Trinajstić information content (AvgIpc) is 2.77. The van der Waals surface area contributed by atoms with Gasteiger partial charge in [0.2, 0.25) is 0 Å². The predicted octanol–water partition coefficient (Wildman–Crippen LogP) is 4.66. The van der Waals surface area contributed by atoms with E-state index in [1.807, 2.05) is 37.8 Å². The zero-order chi connectivity index (χ0) is 24.1. The van der Waals surface area contributed by atoms with E-state index in [1.54, 1.807) is 0 Å². The number of carbonyl (C=O) groups excluding carboxylic acids is 1. The lowest BCUT2D eigenvalue weighted by Gasteiger charge is -2.49. The first-order valence-corrected chi connectivity index (χ1v) is 12.7. The van der Waals surface area contributed by atoms with Crippen LogP contribution in [0.5, 0.6) is 0 Å². The lowest BCUT2D eigenvalue weighted by atomic mass is 9.82. The first-order chi connectivity index (χ1) is 15.6. The van der Waals surface area contributed by atoms with Crippen LogP contribution in [0.25, 0.3) is 0 Å². The second-order valence-corrected chi connectivity index (χ2v) is 11.2. The Bertz CT molecular complexity index is 806. The Balaban J connectivity index is 1.59. The minimum absolute atomic E-state index is 0.0474. The molecule has 1 amide bonds. The van der Waals surface area contributed by atoms with Crippen LogP contribution < -0.4 is 0 Å². The molecule has 0 aliphatic carbocycles. The third kappa shape index (κ3) is 7.17. The van der Waals surface area contributed by atoms with Crippen molar-refractivity contribution in [2.45, 2.75) is 64.5 Å². The minimum Gasteiger partial charge on any atom is -0.444 e. The summed E-state index contributed by atoms with van der Waals surface area (Å²) < 4.78 is 6.58. The largest absolute Gasteiger partial charge is 0.444 e. The van der Waals surface area contributed by atoms with Crippen LogP contribution in [-0.4, -0.2) is 77.2 Å². The molecule has 2 aliphatic heterocycles. The van der Waals surface area contributed by atoms with E-state index in [2.05, 4.69) is 45.0 Å². The van der Waals surface area contributed by atoms with Gasteiger partial charge in [-0.3, -0.25) is 4.90 Å². The van der Waals surface area contributed by atoms with Crippen LogP contribution in [0.1, 0.15) is 58.9 Å². The van der Waals surface area contributed by atoms with E-state index in [9.17, 15) is 4.79 Å². The van der Waals surface area contributed by atoms with Gasteiger partial charge in [0, 0.05) is 29.0 Å². The van der Waals surface area contributed by atoms with Gasteiger partial charge in [-0.1, -0.05) is 33.2 Å². The number of nitrogens with zero attached hydrogens (tertiary/aromatic N) is 3. The summed E-state index contributed by atoms with van der Waals surface area (Å²) in [4.78, 5) is 22.2. The molecule has 0 atom stereocenters. The SMILES string of the molecule is CC(C)(C)OC(=O)N1CCC(C)(N2CCC(/C(=N\OCCO)c3ccc(Br)cc3)CC2)CC1. The number of hydrogen-bond donors (Lipinski definition) is 1. The molecule has 0 radical (unpaired) electrons. The summed E-state index contributed by atoms with van der Waals surface area (Å²) in [5, 5.41) is 13.5. The number of rotatable bonds is 6. The summed E-state index contributed by atoms with van der Waals surface area (Å²) in [5.74, 6) is 0.312. The fourth-order valence-corrected chi connectivity index (χ4v) is 4.91. The number of likely N-dealkylation sites (tertiary alicyclic amines) is 2. The summed E-state index contributed by atoms with van der Waals surface area (Å²) in [7, 11) is 0. The third-order valence-corrected chi connectivity index (χ3v) is 7.15. The molecule has 8 heteroatoms. The summed E-state index contributed by atoms with van der Waals surface area (Å²) in [6.07, 6.45) is 3.70. The number of aliphatic hydroxyl groups excluding tert-OH is 1. The Labute approximate surface area is 206 Å².